The molecule has 146 valence electrons. The van der Waals surface area contributed by atoms with Gasteiger partial charge in [-0.3, -0.25) is 10.1 Å². The highest BCUT2D eigenvalue weighted by molar-refractivity contribution is 5.95. The van der Waals surface area contributed by atoms with Crippen molar-refractivity contribution in [3.8, 4) is 0 Å². The van der Waals surface area contributed by atoms with Crippen LogP contribution in [0.3, 0.4) is 0 Å². The highest BCUT2D eigenvalue weighted by Crippen LogP contribution is 2.23. The fourth-order valence-electron chi connectivity index (χ4n) is 2.82. The van der Waals surface area contributed by atoms with E-state index < -0.39 is 6.03 Å². The molecule has 0 aliphatic rings. The molecule has 0 saturated heterocycles. The van der Waals surface area contributed by atoms with Gasteiger partial charge in [-0.2, -0.15) is 0 Å². The number of nitrogens with one attached hydrogen (secondary N) is 3. The number of hydrogen-bond acceptors (Lipinski definition) is 4. The van der Waals surface area contributed by atoms with Gasteiger partial charge in [0.15, 0.2) is 0 Å². The van der Waals surface area contributed by atoms with Crippen LogP contribution in [0.25, 0.3) is 0 Å². The second kappa shape index (κ2) is 9.92. The van der Waals surface area contributed by atoms with Crippen molar-refractivity contribution in [1.29, 1.82) is 0 Å². The standard InChI is InChI=1S/C21H29N3O3/c1-14(2)16-7-9-17(10-8-16)20(15(3)4)22-13-19(25)24-21(26)23-12-18-6-5-11-27-18/h5-11,14-15,20,22H,12-13H2,1-4H3,(H2,23,24,25,26)/t20-/m0/s1. The lowest BCUT2D eigenvalue weighted by atomic mass is 9.93. The second-order valence-corrected chi connectivity index (χ2v) is 7.23. The van der Waals surface area contributed by atoms with Crippen molar-refractivity contribution >= 4 is 11.9 Å². The topological polar surface area (TPSA) is 83.4 Å². The summed E-state index contributed by atoms with van der Waals surface area (Å²) >= 11 is 0. The Morgan fingerprint density at radius 2 is 1.67 bits per heavy atom. The van der Waals surface area contributed by atoms with Gasteiger partial charge in [0.05, 0.1) is 19.4 Å². The van der Waals surface area contributed by atoms with Crippen LogP contribution in [-0.4, -0.2) is 18.5 Å². The average molecular weight is 371 g/mol. The molecule has 6 heteroatoms. The van der Waals surface area contributed by atoms with Crippen LogP contribution in [-0.2, 0) is 11.3 Å². The summed E-state index contributed by atoms with van der Waals surface area (Å²) < 4.78 is 5.13. The van der Waals surface area contributed by atoms with Crippen molar-refractivity contribution in [3.05, 3.63) is 59.5 Å². The molecule has 0 bridgehead atoms. The number of rotatable bonds is 8. The van der Waals surface area contributed by atoms with Crippen molar-refractivity contribution in [2.45, 2.75) is 46.2 Å². The van der Waals surface area contributed by atoms with Gasteiger partial charge in [-0.05, 0) is 35.1 Å². The number of benzene rings is 1. The Morgan fingerprint density at radius 1 is 1.00 bits per heavy atom. The summed E-state index contributed by atoms with van der Waals surface area (Å²) in [6.45, 7) is 8.81. The third kappa shape index (κ3) is 6.57. The van der Waals surface area contributed by atoms with E-state index in [4.69, 9.17) is 4.42 Å². The molecule has 0 spiro atoms. The maximum Gasteiger partial charge on any atom is 0.321 e. The number of urea groups is 1. The zero-order valence-corrected chi connectivity index (χ0v) is 16.4. The Morgan fingerprint density at radius 3 is 2.22 bits per heavy atom. The molecule has 2 rings (SSSR count). The lowest BCUT2D eigenvalue weighted by Crippen LogP contribution is -2.44. The third-order valence-corrected chi connectivity index (χ3v) is 4.37. The molecule has 1 atom stereocenters. The van der Waals surface area contributed by atoms with Gasteiger partial charge in [0.2, 0.25) is 5.91 Å². The fraction of sp³-hybridized carbons (Fsp3) is 0.429. The molecule has 2 aromatic rings. The van der Waals surface area contributed by atoms with Crippen LogP contribution in [0.1, 0.15) is 56.5 Å². The van der Waals surface area contributed by atoms with E-state index in [1.807, 2.05) is 0 Å². The van der Waals surface area contributed by atoms with Crippen LogP contribution >= 0.6 is 0 Å². The molecule has 3 N–H and O–H groups in total. The summed E-state index contributed by atoms with van der Waals surface area (Å²) in [5.41, 5.74) is 2.41. The Labute approximate surface area is 160 Å². The van der Waals surface area contributed by atoms with Crippen LogP contribution in [0.5, 0.6) is 0 Å². The first-order chi connectivity index (χ1) is 12.9. The molecular formula is C21H29N3O3. The van der Waals surface area contributed by atoms with E-state index in [0.29, 0.717) is 17.6 Å². The number of carbonyl (C=O) groups excluding carboxylic acids is 2. The Kier molecular flexibility index (Phi) is 7.61. The van der Waals surface area contributed by atoms with E-state index in [1.54, 1.807) is 12.1 Å². The highest BCUT2D eigenvalue weighted by atomic mass is 16.3. The maximum absolute atomic E-state index is 12.1. The molecule has 0 fully saturated rings. The van der Waals surface area contributed by atoms with Crippen LogP contribution in [0.2, 0.25) is 0 Å². The van der Waals surface area contributed by atoms with E-state index in [9.17, 15) is 9.59 Å². The summed E-state index contributed by atoms with van der Waals surface area (Å²) in [6, 6.07) is 11.4. The highest BCUT2D eigenvalue weighted by Gasteiger charge is 2.17. The van der Waals surface area contributed by atoms with Crippen molar-refractivity contribution in [3.63, 3.8) is 0 Å². The summed E-state index contributed by atoms with van der Waals surface area (Å²) in [5.74, 6) is 1.03. The molecule has 0 unspecified atom stereocenters. The molecule has 0 aliphatic carbocycles. The first-order valence-electron chi connectivity index (χ1n) is 9.30. The average Bonchev–Trinajstić information content (AvgIpc) is 3.14. The smallest absolute Gasteiger partial charge is 0.321 e. The van der Waals surface area contributed by atoms with E-state index in [1.165, 1.54) is 11.8 Å². The van der Waals surface area contributed by atoms with Crippen molar-refractivity contribution in [1.82, 2.24) is 16.0 Å². The molecule has 0 saturated carbocycles. The summed E-state index contributed by atoms with van der Waals surface area (Å²) in [5, 5.41) is 8.15. The van der Waals surface area contributed by atoms with Crippen molar-refractivity contribution in [2.75, 3.05) is 6.54 Å². The summed E-state index contributed by atoms with van der Waals surface area (Å²) in [7, 11) is 0. The maximum atomic E-state index is 12.1. The number of imide groups is 1. The first-order valence-corrected chi connectivity index (χ1v) is 9.30. The molecule has 0 aliphatic heterocycles. The van der Waals surface area contributed by atoms with Gasteiger partial charge < -0.3 is 15.1 Å². The molecule has 1 aromatic carbocycles. The lowest BCUT2D eigenvalue weighted by Gasteiger charge is -2.23. The molecule has 1 heterocycles. The van der Waals surface area contributed by atoms with Crippen LogP contribution in [0.15, 0.2) is 47.1 Å². The van der Waals surface area contributed by atoms with Crippen molar-refractivity contribution < 1.29 is 14.0 Å². The van der Waals surface area contributed by atoms with Gasteiger partial charge in [0, 0.05) is 6.04 Å². The zero-order chi connectivity index (χ0) is 19.8. The summed E-state index contributed by atoms with van der Waals surface area (Å²) in [4.78, 5) is 23.8. The van der Waals surface area contributed by atoms with Gasteiger partial charge in [0.25, 0.3) is 0 Å². The Bertz CT molecular complexity index is 722. The molecule has 6 nitrogen and oxygen atoms in total. The molecule has 3 amide bonds. The first kappa shape index (κ1) is 20.7. The monoisotopic (exact) mass is 371 g/mol. The summed E-state index contributed by atoms with van der Waals surface area (Å²) in [6.07, 6.45) is 1.53. The van der Waals surface area contributed by atoms with Crippen LogP contribution < -0.4 is 16.0 Å². The third-order valence-electron chi connectivity index (χ3n) is 4.37. The minimum atomic E-state index is -0.541. The Hall–Kier alpha value is -2.60. The Balaban J connectivity index is 1.83. The SMILES string of the molecule is CC(C)c1ccc([C@@H](NCC(=O)NC(=O)NCc2ccco2)C(C)C)cc1. The number of furan rings is 1. The number of carbonyl (C=O) groups is 2. The van der Waals surface area contributed by atoms with Gasteiger partial charge in [-0.15, -0.1) is 0 Å². The molecule has 0 radical (unpaired) electrons. The predicted octanol–water partition coefficient (Wildman–Crippen LogP) is 3.72. The van der Waals surface area contributed by atoms with Crippen LogP contribution in [0.4, 0.5) is 4.79 Å². The predicted molar refractivity (Wildman–Crippen MR) is 105 cm³/mol. The van der Waals surface area contributed by atoms with Gasteiger partial charge >= 0.3 is 6.03 Å². The van der Waals surface area contributed by atoms with Crippen LogP contribution in [0, 0.1) is 5.92 Å². The van der Waals surface area contributed by atoms with Gasteiger partial charge in [-0.1, -0.05) is 52.0 Å². The van der Waals surface area contributed by atoms with Gasteiger partial charge in [0.1, 0.15) is 5.76 Å². The fourth-order valence-corrected chi connectivity index (χ4v) is 2.82. The molecular weight excluding hydrogens is 342 g/mol. The minimum Gasteiger partial charge on any atom is -0.467 e. The quantitative estimate of drug-likeness (QED) is 0.660. The second-order valence-electron chi connectivity index (χ2n) is 7.23. The van der Waals surface area contributed by atoms with E-state index in [0.717, 1.165) is 5.56 Å². The van der Waals surface area contributed by atoms with E-state index in [-0.39, 0.29) is 25.0 Å². The molecule has 27 heavy (non-hydrogen) atoms. The normalized spacial score (nSPS) is 12.2. The zero-order valence-electron chi connectivity index (χ0n) is 16.4. The van der Waals surface area contributed by atoms with E-state index >= 15 is 0 Å². The number of amides is 3. The lowest BCUT2D eigenvalue weighted by molar-refractivity contribution is -0.119. The minimum absolute atomic E-state index is 0.0307. The van der Waals surface area contributed by atoms with Gasteiger partial charge in [-0.25, -0.2) is 4.79 Å². The number of hydrogen-bond donors (Lipinski definition) is 3. The molecule has 1 aromatic heterocycles. The van der Waals surface area contributed by atoms with E-state index in [2.05, 4.69) is 67.9 Å². The van der Waals surface area contributed by atoms with Crippen molar-refractivity contribution in [2.24, 2.45) is 5.92 Å². The largest absolute Gasteiger partial charge is 0.467 e.